The normalized spacial score (nSPS) is 15.4. The lowest BCUT2D eigenvalue weighted by Gasteiger charge is -2.22. The van der Waals surface area contributed by atoms with Crippen LogP contribution in [0.15, 0.2) is 24.3 Å². The third-order valence-corrected chi connectivity index (χ3v) is 3.02. The highest BCUT2D eigenvalue weighted by molar-refractivity contribution is 5.81. The van der Waals surface area contributed by atoms with Crippen molar-refractivity contribution in [2.75, 3.05) is 6.61 Å². The average Bonchev–Trinajstić information content (AvgIpc) is 2.40. The first-order valence-electron chi connectivity index (χ1n) is 6.28. The summed E-state index contributed by atoms with van der Waals surface area (Å²) in [6.07, 6.45) is -0.801. The Morgan fingerprint density at radius 3 is 2.58 bits per heavy atom. The third kappa shape index (κ3) is 4.52. The van der Waals surface area contributed by atoms with Crippen molar-refractivity contribution in [1.29, 1.82) is 0 Å². The minimum atomic E-state index is -0.801. The molecule has 3 atom stereocenters. The van der Waals surface area contributed by atoms with E-state index in [1.54, 1.807) is 26.0 Å². The summed E-state index contributed by atoms with van der Waals surface area (Å²) in [4.78, 5) is 11.8. The molecule has 3 unspecified atom stereocenters. The quantitative estimate of drug-likeness (QED) is 0.827. The van der Waals surface area contributed by atoms with E-state index in [-0.39, 0.29) is 30.2 Å². The van der Waals surface area contributed by atoms with E-state index in [2.05, 4.69) is 5.32 Å². The third-order valence-electron chi connectivity index (χ3n) is 3.02. The molecule has 0 heterocycles. The fourth-order valence-corrected chi connectivity index (χ4v) is 1.43. The predicted molar refractivity (Wildman–Crippen MR) is 70.3 cm³/mol. The van der Waals surface area contributed by atoms with Gasteiger partial charge in [0.1, 0.15) is 0 Å². The molecule has 0 fully saturated rings. The highest BCUT2D eigenvalue weighted by Gasteiger charge is 2.20. The maximum atomic E-state index is 13.4. The molecule has 0 saturated carbocycles. The van der Waals surface area contributed by atoms with Crippen LogP contribution in [0.1, 0.15) is 20.8 Å². The van der Waals surface area contributed by atoms with Crippen LogP contribution in [0.3, 0.4) is 0 Å². The van der Waals surface area contributed by atoms with Crippen molar-refractivity contribution < 1.29 is 19.0 Å². The van der Waals surface area contributed by atoms with Crippen LogP contribution in [0.4, 0.5) is 4.39 Å². The maximum Gasteiger partial charge on any atom is 0.260 e. The van der Waals surface area contributed by atoms with E-state index in [1.165, 1.54) is 12.1 Å². The van der Waals surface area contributed by atoms with E-state index < -0.39 is 11.9 Å². The Morgan fingerprint density at radius 2 is 2.00 bits per heavy atom. The van der Waals surface area contributed by atoms with Gasteiger partial charge in [0.25, 0.3) is 5.91 Å². The largest absolute Gasteiger partial charge is 0.478 e. The van der Waals surface area contributed by atoms with Crippen LogP contribution in [0, 0.1) is 11.7 Å². The molecule has 0 spiro atoms. The van der Waals surface area contributed by atoms with Gasteiger partial charge in [0.2, 0.25) is 0 Å². The number of benzene rings is 1. The Kier molecular flexibility index (Phi) is 5.76. The lowest BCUT2D eigenvalue weighted by Crippen LogP contribution is -2.44. The van der Waals surface area contributed by atoms with Gasteiger partial charge in [-0.1, -0.05) is 19.1 Å². The zero-order valence-corrected chi connectivity index (χ0v) is 11.4. The number of hydrogen-bond donors (Lipinski definition) is 2. The Bertz CT molecular complexity index is 425. The number of para-hydroxylation sites is 1. The first-order chi connectivity index (χ1) is 8.95. The molecule has 0 radical (unpaired) electrons. The van der Waals surface area contributed by atoms with Gasteiger partial charge in [-0.05, 0) is 31.9 Å². The molecule has 0 aliphatic rings. The molecule has 106 valence electrons. The second kappa shape index (κ2) is 7.09. The van der Waals surface area contributed by atoms with Crippen molar-refractivity contribution in [2.45, 2.75) is 32.9 Å². The lowest BCUT2D eigenvalue weighted by molar-refractivity contribution is -0.128. The molecule has 1 aromatic carbocycles. The standard InChI is InChI=1S/C14H20FNO3/c1-9(8-17)10(2)16-14(18)11(3)19-13-7-5-4-6-12(13)15/h4-7,9-11,17H,8H2,1-3H3,(H,16,18). The van der Waals surface area contributed by atoms with E-state index >= 15 is 0 Å². The summed E-state index contributed by atoms with van der Waals surface area (Å²) in [6, 6.07) is 5.76. The number of halogens is 1. The van der Waals surface area contributed by atoms with Gasteiger partial charge >= 0.3 is 0 Å². The predicted octanol–water partition coefficient (Wildman–Crippen LogP) is 1.73. The van der Waals surface area contributed by atoms with E-state index in [0.29, 0.717) is 0 Å². The van der Waals surface area contributed by atoms with Gasteiger partial charge in [0.15, 0.2) is 17.7 Å². The van der Waals surface area contributed by atoms with E-state index in [4.69, 9.17) is 9.84 Å². The van der Waals surface area contributed by atoms with Crippen LogP contribution in [-0.2, 0) is 4.79 Å². The van der Waals surface area contributed by atoms with Crippen molar-refractivity contribution in [3.8, 4) is 5.75 Å². The number of rotatable bonds is 6. The van der Waals surface area contributed by atoms with Crippen LogP contribution < -0.4 is 10.1 Å². The smallest absolute Gasteiger partial charge is 0.260 e. The molecule has 1 rings (SSSR count). The summed E-state index contributed by atoms with van der Waals surface area (Å²) in [5.74, 6) is -0.840. The van der Waals surface area contributed by atoms with Gasteiger partial charge < -0.3 is 15.2 Å². The minimum absolute atomic E-state index is 0.00992. The van der Waals surface area contributed by atoms with Crippen LogP contribution >= 0.6 is 0 Å². The first-order valence-corrected chi connectivity index (χ1v) is 6.28. The zero-order chi connectivity index (χ0) is 14.4. The summed E-state index contributed by atoms with van der Waals surface area (Å²) in [6.45, 7) is 5.17. The van der Waals surface area contributed by atoms with Crippen molar-refractivity contribution in [3.05, 3.63) is 30.1 Å². The molecular formula is C14H20FNO3. The molecule has 4 nitrogen and oxygen atoms in total. The summed E-state index contributed by atoms with van der Waals surface area (Å²) >= 11 is 0. The molecule has 1 amide bonds. The van der Waals surface area contributed by atoms with Gasteiger partial charge in [0.05, 0.1) is 0 Å². The molecule has 0 aliphatic carbocycles. The number of ether oxygens (including phenoxy) is 1. The summed E-state index contributed by atoms with van der Waals surface area (Å²) < 4.78 is 18.6. The maximum absolute atomic E-state index is 13.4. The molecular weight excluding hydrogens is 249 g/mol. The summed E-state index contributed by atoms with van der Waals surface area (Å²) in [7, 11) is 0. The number of nitrogens with one attached hydrogen (secondary N) is 1. The number of hydrogen-bond acceptors (Lipinski definition) is 3. The molecule has 5 heteroatoms. The van der Waals surface area contributed by atoms with Gasteiger partial charge in [-0.2, -0.15) is 0 Å². The first kappa shape index (κ1) is 15.4. The van der Waals surface area contributed by atoms with E-state index in [0.717, 1.165) is 0 Å². The fourth-order valence-electron chi connectivity index (χ4n) is 1.43. The Balaban J connectivity index is 2.56. The number of amides is 1. The monoisotopic (exact) mass is 269 g/mol. The molecule has 19 heavy (non-hydrogen) atoms. The van der Waals surface area contributed by atoms with E-state index in [9.17, 15) is 9.18 Å². The van der Waals surface area contributed by atoms with Crippen LogP contribution in [-0.4, -0.2) is 29.8 Å². The number of aliphatic hydroxyl groups is 1. The van der Waals surface area contributed by atoms with Crippen LogP contribution in [0.5, 0.6) is 5.75 Å². The number of carbonyl (C=O) groups excluding carboxylic acids is 1. The van der Waals surface area contributed by atoms with Crippen LogP contribution in [0.25, 0.3) is 0 Å². The fraction of sp³-hybridized carbons (Fsp3) is 0.500. The Labute approximate surface area is 112 Å². The summed E-state index contributed by atoms with van der Waals surface area (Å²) in [5, 5.41) is 11.7. The highest BCUT2D eigenvalue weighted by atomic mass is 19.1. The molecule has 0 aliphatic heterocycles. The van der Waals surface area contributed by atoms with Crippen molar-refractivity contribution >= 4 is 5.91 Å². The van der Waals surface area contributed by atoms with Crippen LogP contribution in [0.2, 0.25) is 0 Å². The Morgan fingerprint density at radius 1 is 1.37 bits per heavy atom. The molecule has 0 aromatic heterocycles. The second-order valence-corrected chi connectivity index (χ2v) is 4.65. The minimum Gasteiger partial charge on any atom is -0.478 e. The van der Waals surface area contributed by atoms with Gasteiger partial charge in [-0.15, -0.1) is 0 Å². The van der Waals surface area contributed by atoms with Gasteiger partial charge in [0, 0.05) is 12.6 Å². The lowest BCUT2D eigenvalue weighted by atomic mass is 10.1. The summed E-state index contributed by atoms with van der Waals surface area (Å²) in [5.41, 5.74) is 0. The molecule has 0 bridgehead atoms. The molecule has 0 saturated heterocycles. The topological polar surface area (TPSA) is 58.6 Å². The van der Waals surface area contributed by atoms with Crippen molar-refractivity contribution in [1.82, 2.24) is 5.32 Å². The highest BCUT2D eigenvalue weighted by Crippen LogP contribution is 2.17. The van der Waals surface area contributed by atoms with Crippen molar-refractivity contribution in [3.63, 3.8) is 0 Å². The number of aliphatic hydroxyl groups excluding tert-OH is 1. The average molecular weight is 269 g/mol. The molecule has 1 aromatic rings. The van der Waals surface area contributed by atoms with Gasteiger partial charge in [-0.25, -0.2) is 4.39 Å². The van der Waals surface area contributed by atoms with Gasteiger partial charge in [-0.3, -0.25) is 4.79 Å². The number of carbonyl (C=O) groups is 1. The molecule has 2 N–H and O–H groups in total. The zero-order valence-electron chi connectivity index (χ0n) is 11.4. The second-order valence-electron chi connectivity index (χ2n) is 4.65. The van der Waals surface area contributed by atoms with Crippen molar-refractivity contribution in [2.24, 2.45) is 5.92 Å². The van der Waals surface area contributed by atoms with E-state index in [1.807, 2.05) is 6.92 Å². The SMILES string of the molecule is CC(Oc1ccccc1F)C(=O)NC(C)C(C)CO. The Hall–Kier alpha value is -1.62.